The Morgan fingerprint density at radius 3 is 2.70 bits per heavy atom. The Kier molecular flexibility index (Phi) is 7.12. The summed E-state index contributed by atoms with van der Waals surface area (Å²) in [7, 11) is -3.62. The molecule has 2 amide bonds. The number of aromatic nitrogens is 2. The number of sulfonamides is 1. The largest absolute Gasteiger partial charge is 0.381 e. The fraction of sp³-hybridized carbons (Fsp3) is 0.577. The van der Waals surface area contributed by atoms with Crippen LogP contribution in [0.1, 0.15) is 56.4 Å². The lowest BCUT2D eigenvalue weighted by molar-refractivity contribution is 0.0903. The number of rotatable bonds is 5. The number of carbonyl (C=O) groups excluding carboxylic acids is 1. The highest BCUT2D eigenvalue weighted by Gasteiger charge is 2.43. The van der Waals surface area contributed by atoms with Gasteiger partial charge in [-0.3, -0.25) is 0 Å². The number of benzene rings is 1. The molecule has 2 aromatic rings. The van der Waals surface area contributed by atoms with Crippen molar-refractivity contribution in [1.82, 2.24) is 24.5 Å². The number of amides is 2. The molecule has 3 aliphatic heterocycles. The van der Waals surface area contributed by atoms with Crippen LogP contribution in [0.15, 0.2) is 35.4 Å². The van der Waals surface area contributed by atoms with E-state index in [9.17, 15) is 13.2 Å². The molecule has 2 fully saturated rings. The van der Waals surface area contributed by atoms with Crippen LogP contribution in [0.5, 0.6) is 0 Å². The third-order valence-electron chi connectivity index (χ3n) is 7.65. The molecule has 5 rings (SSSR count). The average Bonchev–Trinajstić information content (AvgIpc) is 3.14. The van der Waals surface area contributed by atoms with Crippen LogP contribution in [0, 0.1) is 6.92 Å². The van der Waals surface area contributed by atoms with Crippen LogP contribution in [0.25, 0.3) is 0 Å². The van der Waals surface area contributed by atoms with E-state index in [0.29, 0.717) is 30.4 Å². The number of anilines is 1. The van der Waals surface area contributed by atoms with Crippen molar-refractivity contribution in [3.63, 3.8) is 0 Å². The molecule has 0 saturated carbocycles. The Hall–Kier alpha value is -2.76. The van der Waals surface area contributed by atoms with Gasteiger partial charge in [0.2, 0.25) is 16.0 Å². The van der Waals surface area contributed by atoms with Gasteiger partial charge in [0.1, 0.15) is 0 Å². The maximum atomic E-state index is 13.4. The second-order valence-corrected chi connectivity index (χ2v) is 12.6. The van der Waals surface area contributed by atoms with E-state index >= 15 is 0 Å². The van der Waals surface area contributed by atoms with Gasteiger partial charge in [0.05, 0.1) is 22.7 Å². The number of hydrogen-bond acceptors (Lipinski definition) is 7. The van der Waals surface area contributed by atoms with Gasteiger partial charge in [0.25, 0.3) is 0 Å². The highest BCUT2D eigenvalue weighted by atomic mass is 32.2. The van der Waals surface area contributed by atoms with E-state index in [2.05, 4.69) is 15.6 Å². The fourth-order valence-corrected chi connectivity index (χ4v) is 7.05. The summed E-state index contributed by atoms with van der Waals surface area (Å²) < 4.78 is 33.4. The number of urea groups is 1. The van der Waals surface area contributed by atoms with E-state index in [1.165, 1.54) is 4.31 Å². The van der Waals surface area contributed by atoms with Gasteiger partial charge in [-0.2, -0.15) is 4.31 Å². The van der Waals surface area contributed by atoms with Crippen molar-refractivity contribution in [2.24, 2.45) is 0 Å². The summed E-state index contributed by atoms with van der Waals surface area (Å²) in [4.78, 5) is 24.8. The summed E-state index contributed by atoms with van der Waals surface area (Å²) in [6.07, 6.45) is 5.06. The molecule has 0 bridgehead atoms. The minimum Gasteiger partial charge on any atom is -0.381 e. The predicted octanol–water partition coefficient (Wildman–Crippen LogP) is 2.99. The minimum absolute atomic E-state index is 0.221. The number of nitrogens with zero attached hydrogens (tertiary/aromatic N) is 4. The Labute approximate surface area is 218 Å². The SMILES string of the molecule is Cc1cccc(S(=O)(=O)N2CCCC(NC(=O)N3Cc4nc(NC5CCOCC5)ncc4C3(C)C)C2)c1. The number of piperidine rings is 1. The molecule has 0 radical (unpaired) electrons. The van der Waals surface area contributed by atoms with Crippen LogP contribution in [0.2, 0.25) is 0 Å². The smallest absolute Gasteiger partial charge is 0.318 e. The number of fused-ring (bicyclic) bond motifs is 1. The van der Waals surface area contributed by atoms with Gasteiger partial charge in [0, 0.05) is 50.1 Å². The van der Waals surface area contributed by atoms with Crippen molar-refractivity contribution in [2.45, 2.75) is 75.5 Å². The third-order valence-corrected chi connectivity index (χ3v) is 9.51. The van der Waals surface area contributed by atoms with Crippen molar-refractivity contribution in [1.29, 1.82) is 0 Å². The van der Waals surface area contributed by atoms with Gasteiger partial charge in [-0.15, -0.1) is 0 Å². The Bertz CT molecular complexity index is 1260. The van der Waals surface area contributed by atoms with Crippen molar-refractivity contribution in [3.8, 4) is 0 Å². The topological polar surface area (TPSA) is 117 Å². The predicted molar refractivity (Wildman–Crippen MR) is 140 cm³/mol. The molecule has 1 aromatic heterocycles. The van der Waals surface area contributed by atoms with E-state index in [0.717, 1.165) is 49.3 Å². The Morgan fingerprint density at radius 2 is 1.95 bits per heavy atom. The lowest BCUT2D eigenvalue weighted by Crippen LogP contribution is -2.54. The Balaban J connectivity index is 1.25. The number of carbonyl (C=O) groups is 1. The molecule has 2 saturated heterocycles. The van der Waals surface area contributed by atoms with E-state index < -0.39 is 15.6 Å². The first kappa shape index (κ1) is 25.9. The summed E-state index contributed by atoms with van der Waals surface area (Å²) in [5, 5.41) is 6.50. The van der Waals surface area contributed by atoms with Crippen molar-refractivity contribution in [2.75, 3.05) is 31.6 Å². The minimum atomic E-state index is -3.62. The zero-order chi connectivity index (χ0) is 26.2. The van der Waals surface area contributed by atoms with Gasteiger partial charge in [0.15, 0.2) is 0 Å². The first-order valence-corrected chi connectivity index (χ1v) is 14.4. The first-order valence-electron chi connectivity index (χ1n) is 13.0. The molecule has 1 unspecified atom stereocenters. The molecule has 10 nitrogen and oxygen atoms in total. The molecular formula is C26H36N6O4S. The van der Waals surface area contributed by atoms with Gasteiger partial charge in [-0.05, 0) is 64.2 Å². The number of aryl methyl sites for hydroxylation is 1. The summed E-state index contributed by atoms with van der Waals surface area (Å²) >= 11 is 0. The van der Waals surface area contributed by atoms with Crippen LogP contribution >= 0.6 is 0 Å². The van der Waals surface area contributed by atoms with E-state index in [1.54, 1.807) is 23.1 Å². The van der Waals surface area contributed by atoms with Crippen LogP contribution in [0.3, 0.4) is 0 Å². The van der Waals surface area contributed by atoms with Crippen LogP contribution in [0.4, 0.5) is 10.7 Å². The summed E-state index contributed by atoms with van der Waals surface area (Å²) in [6, 6.07) is 6.74. The highest BCUT2D eigenvalue weighted by Crippen LogP contribution is 2.38. The van der Waals surface area contributed by atoms with Gasteiger partial charge >= 0.3 is 6.03 Å². The maximum Gasteiger partial charge on any atom is 0.318 e. The summed E-state index contributed by atoms with van der Waals surface area (Å²) in [5.41, 5.74) is 2.07. The van der Waals surface area contributed by atoms with Crippen LogP contribution in [-0.2, 0) is 26.8 Å². The summed E-state index contributed by atoms with van der Waals surface area (Å²) in [5.74, 6) is 0.577. The van der Waals surface area contributed by atoms with E-state index in [4.69, 9.17) is 9.72 Å². The third kappa shape index (κ3) is 5.30. The normalized spacial score (nSPS) is 22.5. The zero-order valence-corrected chi connectivity index (χ0v) is 22.6. The molecule has 0 spiro atoms. The first-order chi connectivity index (χ1) is 17.6. The number of ether oxygens (including phenoxy) is 1. The number of nitrogens with one attached hydrogen (secondary N) is 2. The quantitative estimate of drug-likeness (QED) is 0.613. The molecule has 2 N–H and O–H groups in total. The molecular weight excluding hydrogens is 492 g/mol. The molecule has 0 aliphatic carbocycles. The molecule has 11 heteroatoms. The van der Waals surface area contributed by atoms with Crippen molar-refractivity contribution >= 4 is 22.0 Å². The second-order valence-electron chi connectivity index (χ2n) is 10.7. The molecule has 4 heterocycles. The molecule has 1 atom stereocenters. The van der Waals surface area contributed by atoms with Gasteiger partial charge in [-0.1, -0.05) is 12.1 Å². The molecule has 37 heavy (non-hydrogen) atoms. The molecule has 200 valence electrons. The summed E-state index contributed by atoms with van der Waals surface area (Å²) in [6.45, 7) is 8.39. The standard InChI is InChI=1S/C26H36N6O4S/c1-18-6-4-8-21(14-18)37(34,35)31-11-5-7-20(16-31)29-25(33)32-17-23-22(26(32,2)3)15-27-24(30-23)28-19-9-12-36-13-10-19/h4,6,8,14-15,19-20H,5,7,9-13,16-17H2,1-3H3,(H,29,33)(H,27,28,30). The van der Waals surface area contributed by atoms with Crippen molar-refractivity contribution in [3.05, 3.63) is 47.3 Å². The number of hydrogen-bond donors (Lipinski definition) is 2. The van der Waals surface area contributed by atoms with Gasteiger partial charge in [-0.25, -0.2) is 23.2 Å². The molecule has 1 aromatic carbocycles. The van der Waals surface area contributed by atoms with E-state index in [-0.39, 0.29) is 24.7 Å². The second kappa shape index (κ2) is 10.2. The van der Waals surface area contributed by atoms with Crippen LogP contribution in [-0.4, -0.2) is 72.0 Å². The maximum absolute atomic E-state index is 13.4. The van der Waals surface area contributed by atoms with E-state index in [1.807, 2.05) is 33.0 Å². The monoisotopic (exact) mass is 528 g/mol. The Morgan fingerprint density at radius 1 is 1.16 bits per heavy atom. The van der Waals surface area contributed by atoms with Gasteiger partial charge < -0.3 is 20.3 Å². The van der Waals surface area contributed by atoms with Crippen molar-refractivity contribution < 1.29 is 17.9 Å². The molecule has 3 aliphatic rings. The van der Waals surface area contributed by atoms with Crippen LogP contribution < -0.4 is 10.6 Å². The lowest BCUT2D eigenvalue weighted by atomic mass is 9.97. The lowest BCUT2D eigenvalue weighted by Gasteiger charge is -2.36. The average molecular weight is 529 g/mol. The highest BCUT2D eigenvalue weighted by molar-refractivity contribution is 7.89. The fourth-order valence-electron chi connectivity index (χ4n) is 5.42. The zero-order valence-electron chi connectivity index (χ0n) is 21.7.